The van der Waals surface area contributed by atoms with E-state index in [-0.39, 0.29) is 6.42 Å². The predicted molar refractivity (Wildman–Crippen MR) is 50.2 cm³/mol. The molecule has 0 fully saturated rings. The Balaban J connectivity index is 2.80. The molecule has 0 atom stereocenters. The smallest absolute Gasteiger partial charge is 0.307 e. The molecular formula is C10H10FNO2. The number of carboxylic acids is 1. The number of rotatable bonds is 3. The van der Waals surface area contributed by atoms with Gasteiger partial charge in [0.15, 0.2) is 0 Å². The van der Waals surface area contributed by atoms with Crippen LogP contribution in [0, 0.1) is 12.9 Å². The number of hydrogen-bond acceptors (Lipinski definition) is 2. The van der Waals surface area contributed by atoms with E-state index in [9.17, 15) is 9.18 Å². The first-order valence-electron chi connectivity index (χ1n) is 4.10. The molecule has 4 heteroatoms. The molecule has 1 aromatic rings. The normalized spacial score (nSPS) is 10.7. The van der Waals surface area contributed by atoms with Crippen LogP contribution >= 0.6 is 0 Å². The van der Waals surface area contributed by atoms with Crippen molar-refractivity contribution in [3.8, 4) is 0 Å². The van der Waals surface area contributed by atoms with E-state index < -0.39 is 11.9 Å². The van der Waals surface area contributed by atoms with Gasteiger partial charge in [0.2, 0.25) is 5.95 Å². The third-order valence-corrected chi connectivity index (χ3v) is 1.70. The molecule has 1 rings (SSSR count). The highest BCUT2D eigenvalue weighted by Gasteiger charge is 1.97. The monoisotopic (exact) mass is 195 g/mol. The van der Waals surface area contributed by atoms with Crippen LogP contribution in [0.3, 0.4) is 0 Å². The van der Waals surface area contributed by atoms with Gasteiger partial charge < -0.3 is 5.11 Å². The van der Waals surface area contributed by atoms with Crippen LogP contribution < -0.4 is 0 Å². The molecule has 0 amide bonds. The van der Waals surface area contributed by atoms with Gasteiger partial charge in [-0.05, 0) is 18.1 Å². The molecule has 0 saturated carbocycles. The van der Waals surface area contributed by atoms with Crippen LogP contribution in [0.5, 0.6) is 0 Å². The Kier molecular flexibility index (Phi) is 3.34. The Morgan fingerprint density at radius 1 is 1.71 bits per heavy atom. The first-order valence-corrected chi connectivity index (χ1v) is 4.10. The van der Waals surface area contributed by atoms with Crippen LogP contribution in [0.25, 0.3) is 6.08 Å². The Morgan fingerprint density at radius 3 is 3.07 bits per heavy atom. The first kappa shape index (κ1) is 10.4. The maximum Gasteiger partial charge on any atom is 0.307 e. The highest BCUT2D eigenvalue weighted by molar-refractivity contribution is 5.70. The van der Waals surface area contributed by atoms with Crippen LogP contribution in [-0.4, -0.2) is 16.1 Å². The van der Waals surface area contributed by atoms with E-state index >= 15 is 0 Å². The third-order valence-electron chi connectivity index (χ3n) is 1.70. The van der Waals surface area contributed by atoms with Crippen LogP contribution in [-0.2, 0) is 4.79 Å². The summed E-state index contributed by atoms with van der Waals surface area (Å²) in [5, 5.41) is 8.38. The lowest BCUT2D eigenvalue weighted by Crippen LogP contribution is -1.91. The summed E-state index contributed by atoms with van der Waals surface area (Å²) in [4.78, 5) is 13.7. The summed E-state index contributed by atoms with van der Waals surface area (Å²) in [7, 11) is 0. The predicted octanol–water partition coefficient (Wildman–Crippen LogP) is 2.02. The van der Waals surface area contributed by atoms with Crippen molar-refractivity contribution in [1.29, 1.82) is 0 Å². The van der Waals surface area contributed by atoms with E-state index in [2.05, 4.69) is 4.98 Å². The van der Waals surface area contributed by atoms with Crippen molar-refractivity contribution in [3.63, 3.8) is 0 Å². The molecule has 1 aromatic heterocycles. The Bertz CT molecular complexity index is 374. The van der Waals surface area contributed by atoms with Crippen LogP contribution in [0.2, 0.25) is 0 Å². The summed E-state index contributed by atoms with van der Waals surface area (Å²) in [5.41, 5.74) is 1.46. The number of carbonyl (C=O) groups is 1. The molecule has 0 saturated heterocycles. The van der Waals surface area contributed by atoms with Gasteiger partial charge in [0.1, 0.15) is 0 Å². The quantitative estimate of drug-likeness (QED) is 0.750. The maximum absolute atomic E-state index is 12.7. The van der Waals surface area contributed by atoms with Gasteiger partial charge in [-0.1, -0.05) is 12.2 Å². The van der Waals surface area contributed by atoms with E-state index in [1.54, 1.807) is 13.0 Å². The number of hydrogen-bond donors (Lipinski definition) is 1. The number of aryl methyl sites for hydroxylation is 1. The topological polar surface area (TPSA) is 50.2 Å². The van der Waals surface area contributed by atoms with E-state index in [0.29, 0.717) is 5.56 Å². The molecular weight excluding hydrogens is 185 g/mol. The Labute approximate surface area is 80.9 Å². The van der Waals surface area contributed by atoms with Gasteiger partial charge >= 0.3 is 5.97 Å². The van der Waals surface area contributed by atoms with Gasteiger partial charge in [-0.25, -0.2) is 4.98 Å². The van der Waals surface area contributed by atoms with Crippen molar-refractivity contribution in [2.75, 3.05) is 0 Å². The fraction of sp³-hybridized carbons (Fsp3) is 0.200. The summed E-state index contributed by atoms with van der Waals surface area (Å²) in [6.45, 7) is 1.78. The third kappa shape index (κ3) is 2.97. The minimum Gasteiger partial charge on any atom is -0.481 e. The zero-order valence-corrected chi connectivity index (χ0v) is 7.70. The second-order valence-electron chi connectivity index (χ2n) is 2.86. The molecule has 0 aliphatic heterocycles. The van der Waals surface area contributed by atoms with Crippen LogP contribution in [0.4, 0.5) is 4.39 Å². The van der Waals surface area contributed by atoms with Crippen molar-refractivity contribution in [1.82, 2.24) is 4.98 Å². The summed E-state index contributed by atoms with van der Waals surface area (Å²) in [5.74, 6) is -1.47. The molecule has 74 valence electrons. The van der Waals surface area contributed by atoms with Crippen molar-refractivity contribution >= 4 is 12.0 Å². The Morgan fingerprint density at radius 2 is 2.43 bits per heavy atom. The standard InChI is InChI=1S/C10H10FNO2/c1-7-6-12-9(11)5-8(7)3-2-4-10(13)14/h2-3,5-6H,4H2,1H3,(H,13,14). The van der Waals surface area contributed by atoms with Crippen molar-refractivity contribution in [3.05, 3.63) is 35.4 Å². The molecule has 0 aliphatic rings. The maximum atomic E-state index is 12.7. The molecule has 0 bridgehead atoms. The molecule has 0 spiro atoms. The molecule has 0 aromatic carbocycles. The molecule has 3 nitrogen and oxygen atoms in total. The number of carboxylic acid groups (broad SMARTS) is 1. The SMILES string of the molecule is Cc1cnc(F)cc1C=CCC(=O)O. The lowest BCUT2D eigenvalue weighted by atomic mass is 10.1. The Hall–Kier alpha value is -1.71. The van der Waals surface area contributed by atoms with E-state index in [4.69, 9.17) is 5.11 Å². The number of nitrogens with zero attached hydrogens (tertiary/aromatic N) is 1. The summed E-state index contributed by atoms with van der Waals surface area (Å²) in [6, 6.07) is 1.27. The van der Waals surface area contributed by atoms with Gasteiger partial charge in [0.25, 0.3) is 0 Å². The minimum absolute atomic E-state index is 0.0661. The van der Waals surface area contributed by atoms with Crippen LogP contribution in [0.15, 0.2) is 18.3 Å². The van der Waals surface area contributed by atoms with Crippen molar-refractivity contribution in [2.24, 2.45) is 0 Å². The second kappa shape index (κ2) is 4.50. The van der Waals surface area contributed by atoms with Gasteiger partial charge in [-0.15, -0.1) is 0 Å². The largest absolute Gasteiger partial charge is 0.481 e. The number of pyridine rings is 1. The zero-order chi connectivity index (χ0) is 10.6. The summed E-state index contributed by atoms with van der Waals surface area (Å²) >= 11 is 0. The fourth-order valence-corrected chi connectivity index (χ4v) is 0.979. The van der Waals surface area contributed by atoms with E-state index in [1.807, 2.05) is 0 Å². The zero-order valence-electron chi connectivity index (χ0n) is 7.70. The summed E-state index contributed by atoms with van der Waals surface area (Å²) < 4.78 is 12.7. The summed E-state index contributed by atoms with van der Waals surface area (Å²) in [6.07, 6.45) is 4.40. The highest BCUT2D eigenvalue weighted by atomic mass is 19.1. The number of aliphatic carboxylic acids is 1. The average Bonchev–Trinajstić information content (AvgIpc) is 2.10. The minimum atomic E-state index is -0.909. The highest BCUT2D eigenvalue weighted by Crippen LogP contribution is 2.09. The lowest BCUT2D eigenvalue weighted by molar-refractivity contribution is -0.135. The van der Waals surface area contributed by atoms with Crippen molar-refractivity contribution in [2.45, 2.75) is 13.3 Å². The molecule has 1 heterocycles. The molecule has 0 aliphatic carbocycles. The van der Waals surface area contributed by atoms with Gasteiger partial charge in [-0.3, -0.25) is 4.79 Å². The second-order valence-corrected chi connectivity index (χ2v) is 2.86. The van der Waals surface area contributed by atoms with E-state index in [0.717, 1.165) is 5.56 Å². The van der Waals surface area contributed by atoms with Gasteiger partial charge in [0, 0.05) is 12.3 Å². The molecule has 0 unspecified atom stereocenters. The number of halogens is 1. The first-order chi connectivity index (χ1) is 6.59. The number of aromatic nitrogens is 1. The van der Waals surface area contributed by atoms with Crippen molar-refractivity contribution < 1.29 is 14.3 Å². The molecule has 0 radical (unpaired) electrons. The van der Waals surface area contributed by atoms with Gasteiger partial charge in [0.05, 0.1) is 6.42 Å². The molecule has 1 N–H and O–H groups in total. The lowest BCUT2D eigenvalue weighted by Gasteiger charge is -1.98. The van der Waals surface area contributed by atoms with E-state index in [1.165, 1.54) is 18.3 Å². The average molecular weight is 195 g/mol. The molecule has 14 heavy (non-hydrogen) atoms. The van der Waals surface area contributed by atoms with Crippen LogP contribution in [0.1, 0.15) is 17.5 Å². The van der Waals surface area contributed by atoms with Gasteiger partial charge in [-0.2, -0.15) is 4.39 Å². The fourth-order valence-electron chi connectivity index (χ4n) is 0.979.